The smallest absolute Gasteiger partial charge is 0.317 e. The van der Waals surface area contributed by atoms with Crippen LogP contribution in [-0.2, 0) is 19.7 Å². The second kappa shape index (κ2) is 9.05. The number of carboxylic acids is 1. The van der Waals surface area contributed by atoms with Gasteiger partial charge < -0.3 is 14.7 Å². The molecule has 1 amide bonds. The molecule has 2 aliphatic heterocycles. The number of aryl methyl sites for hydroxylation is 1. The first-order chi connectivity index (χ1) is 13.5. The summed E-state index contributed by atoms with van der Waals surface area (Å²) in [6, 6.07) is 8.44. The number of benzene rings is 1. The van der Waals surface area contributed by atoms with E-state index in [1.54, 1.807) is 0 Å². The van der Waals surface area contributed by atoms with Crippen LogP contribution in [0, 0.1) is 6.92 Å². The molecule has 0 radical (unpaired) electrons. The van der Waals surface area contributed by atoms with Crippen molar-refractivity contribution in [1.82, 2.24) is 9.80 Å². The lowest BCUT2D eigenvalue weighted by atomic mass is 9.71. The minimum Gasteiger partial charge on any atom is -0.480 e. The summed E-state index contributed by atoms with van der Waals surface area (Å²) in [6.45, 7) is 7.46. The highest BCUT2D eigenvalue weighted by atomic mass is 16.5. The molecule has 2 saturated heterocycles. The summed E-state index contributed by atoms with van der Waals surface area (Å²) in [5.74, 6) is -0.578. The van der Waals surface area contributed by atoms with Gasteiger partial charge in [-0.05, 0) is 50.3 Å². The highest BCUT2D eigenvalue weighted by molar-refractivity contribution is 5.89. The Morgan fingerprint density at radius 1 is 1.21 bits per heavy atom. The Hall–Kier alpha value is -1.92. The topological polar surface area (TPSA) is 70.1 Å². The van der Waals surface area contributed by atoms with Crippen LogP contribution in [0.2, 0.25) is 0 Å². The Bertz CT molecular complexity index is 692. The maximum Gasteiger partial charge on any atom is 0.317 e. The molecule has 0 aliphatic carbocycles. The number of carboxylic acid groups (broad SMARTS) is 1. The molecule has 2 fully saturated rings. The number of amides is 1. The standard InChI is InChI=1S/C22H32N2O4/c1-3-23(16-20(25)26)18-8-12-24(13-9-18)21(27)22(10-14-28-15-11-22)19-7-5-4-6-17(19)2/h4-7,18H,3,8-16H2,1-2H3,(H,25,26). The molecule has 6 heteroatoms. The SMILES string of the molecule is CCN(CC(=O)O)C1CCN(C(=O)C2(c3ccccc3C)CCOCC2)CC1. The number of hydrogen-bond donors (Lipinski definition) is 1. The first-order valence-corrected chi connectivity index (χ1v) is 10.4. The molecule has 1 aromatic rings. The quantitative estimate of drug-likeness (QED) is 0.811. The van der Waals surface area contributed by atoms with Crippen LogP contribution in [0.5, 0.6) is 0 Å². The number of aliphatic carboxylic acids is 1. The van der Waals surface area contributed by atoms with Crippen molar-refractivity contribution in [2.45, 2.75) is 51.0 Å². The summed E-state index contributed by atoms with van der Waals surface area (Å²) in [5, 5.41) is 9.12. The third-order valence-corrected chi connectivity index (χ3v) is 6.43. The molecule has 154 valence electrons. The molecule has 6 nitrogen and oxygen atoms in total. The monoisotopic (exact) mass is 388 g/mol. The number of rotatable bonds is 6. The largest absolute Gasteiger partial charge is 0.480 e. The number of likely N-dealkylation sites (tertiary alicyclic amines) is 1. The fourth-order valence-corrected chi connectivity index (χ4v) is 4.84. The normalized spacial score (nSPS) is 20.3. The van der Waals surface area contributed by atoms with Gasteiger partial charge in [-0.3, -0.25) is 14.5 Å². The Balaban J connectivity index is 1.75. The molecule has 0 atom stereocenters. The molecule has 1 aromatic carbocycles. The predicted octanol–water partition coefficient (Wildman–Crippen LogP) is 2.44. The number of hydrogen-bond acceptors (Lipinski definition) is 4. The zero-order valence-corrected chi connectivity index (χ0v) is 17.0. The molecular formula is C22H32N2O4. The van der Waals surface area contributed by atoms with E-state index < -0.39 is 11.4 Å². The Labute approximate surface area is 167 Å². The maximum atomic E-state index is 13.7. The summed E-state index contributed by atoms with van der Waals surface area (Å²) in [7, 11) is 0. The minimum absolute atomic E-state index is 0.0690. The van der Waals surface area contributed by atoms with Crippen LogP contribution >= 0.6 is 0 Å². The molecule has 0 aromatic heterocycles. The van der Waals surface area contributed by atoms with Crippen molar-refractivity contribution in [3.05, 3.63) is 35.4 Å². The van der Waals surface area contributed by atoms with E-state index in [9.17, 15) is 9.59 Å². The third kappa shape index (κ3) is 4.23. The third-order valence-electron chi connectivity index (χ3n) is 6.43. The number of carbonyl (C=O) groups excluding carboxylic acids is 1. The molecule has 28 heavy (non-hydrogen) atoms. The molecule has 1 N–H and O–H groups in total. The van der Waals surface area contributed by atoms with Crippen LogP contribution in [0.3, 0.4) is 0 Å². The van der Waals surface area contributed by atoms with Crippen LogP contribution < -0.4 is 0 Å². The average molecular weight is 389 g/mol. The number of carbonyl (C=O) groups is 2. The molecule has 0 spiro atoms. The van der Waals surface area contributed by atoms with E-state index in [4.69, 9.17) is 9.84 Å². The highest BCUT2D eigenvalue weighted by Gasteiger charge is 2.45. The van der Waals surface area contributed by atoms with Gasteiger partial charge in [0, 0.05) is 32.3 Å². The first-order valence-electron chi connectivity index (χ1n) is 10.4. The molecule has 2 aliphatic rings. The number of ether oxygens (including phenoxy) is 1. The number of likely N-dealkylation sites (N-methyl/N-ethyl adjacent to an activating group) is 1. The molecule has 0 saturated carbocycles. The van der Waals surface area contributed by atoms with Gasteiger partial charge >= 0.3 is 5.97 Å². The van der Waals surface area contributed by atoms with Crippen LogP contribution in [0.1, 0.15) is 43.7 Å². The van der Waals surface area contributed by atoms with Crippen LogP contribution in [0.15, 0.2) is 24.3 Å². The molecule has 3 rings (SSSR count). The predicted molar refractivity (Wildman–Crippen MR) is 107 cm³/mol. The van der Waals surface area contributed by atoms with Gasteiger partial charge in [0.1, 0.15) is 0 Å². The number of piperidine rings is 1. The van der Waals surface area contributed by atoms with Crippen LogP contribution in [-0.4, -0.2) is 72.2 Å². The zero-order valence-electron chi connectivity index (χ0n) is 17.0. The summed E-state index contributed by atoms with van der Waals surface area (Å²) < 4.78 is 5.59. The van der Waals surface area contributed by atoms with Crippen molar-refractivity contribution in [3.8, 4) is 0 Å². The van der Waals surface area contributed by atoms with Gasteiger partial charge in [0.15, 0.2) is 0 Å². The van der Waals surface area contributed by atoms with Gasteiger partial charge in [-0.1, -0.05) is 31.2 Å². The highest BCUT2D eigenvalue weighted by Crippen LogP contribution is 2.39. The second-order valence-electron chi connectivity index (χ2n) is 7.99. The Morgan fingerprint density at radius 3 is 2.43 bits per heavy atom. The molecular weight excluding hydrogens is 356 g/mol. The second-order valence-corrected chi connectivity index (χ2v) is 7.99. The van der Waals surface area contributed by atoms with Gasteiger partial charge in [-0.2, -0.15) is 0 Å². The molecule has 0 bridgehead atoms. The van der Waals surface area contributed by atoms with Crippen molar-refractivity contribution < 1.29 is 19.4 Å². The fourth-order valence-electron chi connectivity index (χ4n) is 4.84. The van der Waals surface area contributed by atoms with Gasteiger partial charge in [-0.25, -0.2) is 0 Å². The summed E-state index contributed by atoms with van der Waals surface area (Å²) in [6.07, 6.45) is 3.09. The van der Waals surface area contributed by atoms with E-state index in [2.05, 4.69) is 19.1 Å². The first kappa shape index (κ1) is 20.8. The van der Waals surface area contributed by atoms with Crippen molar-refractivity contribution in [3.63, 3.8) is 0 Å². The molecule has 2 heterocycles. The van der Waals surface area contributed by atoms with Gasteiger partial charge in [0.05, 0.1) is 12.0 Å². The summed E-state index contributed by atoms with van der Waals surface area (Å²) >= 11 is 0. The fraction of sp³-hybridized carbons (Fsp3) is 0.636. The van der Waals surface area contributed by atoms with Crippen LogP contribution in [0.25, 0.3) is 0 Å². The van der Waals surface area contributed by atoms with E-state index in [0.29, 0.717) is 26.3 Å². The van der Waals surface area contributed by atoms with Crippen molar-refractivity contribution >= 4 is 11.9 Å². The summed E-state index contributed by atoms with van der Waals surface area (Å²) in [4.78, 5) is 28.8. The van der Waals surface area contributed by atoms with E-state index >= 15 is 0 Å². The number of nitrogens with zero attached hydrogens (tertiary/aromatic N) is 2. The lowest BCUT2D eigenvalue weighted by Gasteiger charge is -2.44. The molecule has 0 unspecified atom stereocenters. The van der Waals surface area contributed by atoms with Gasteiger partial charge in [0.25, 0.3) is 0 Å². The van der Waals surface area contributed by atoms with Gasteiger partial charge in [0.2, 0.25) is 5.91 Å². The van der Waals surface area contributed by atoms with E-state index in [1.807, 2.05) is 28.9 Å². The van der Waals surface area contributed by atoms with Crippen molar-refractivity contribution in [2.75, 3.05) is 39.4 Å². The zero-order chi connectivity index (χ0) is 20.1. The Kier molecular flexibility index (Phi) is 6.73. The lowest BCUT2D eigenvalue weighted by molar-refractivity contribution is -0.144. The van der Waals surface area contributed by atoms with Gasteiger partial charge in [-0.15, -0.1) is 0 Å². The van der Waals surface area contributed by atoms with E-state index in [1.165, 1.54) is 0 Å². The Morgan fingerprint density at radius 2 is 1.86 bits per heavy atom. The lowest BCUT2D eigenvalue weighted by Crippen LogP contribution is -2.54. The van der Waals surface area contributed by atoms with Crippen LogP contribution in [0.4, 0.5) is 0 Å². The van der Waals surface area contributed by atoms with Crippen molar-refractivity contribution in [1.29, 1.82) is 0 Å². The van der Waals surface area contributed by atoms with Crippen molar-refractivity contribution in [2.24, 2.45) is 0 Å². The van der Waals surface area contributed by atoms with E-state index in [0.717, 1.165) is 43.4 Å². The average Bonchev–Trinajstić information content (AvgIpc) is 2.72. The maximum absolute atomic E-state index is 13.7. The summed E-state index contributed by atoms with van der Waals surface area (Å²) in [5.41, 5.74) is 1.79. The minimum atomic E-state index is -0.791. The van der Waals surface area contributed by atoms with E-state index in [-0.39, 0.29) is 18.5 Å².